The molecular formula is C17H20N2O7S. The van der Waals surface area contributed by atoms with Crippen molar-refractivity contribution in [3.63, 3.8) is 0 Å². The Bertz CT molecular complexity index is 964. The molecule has 0 aliphatic heterocycles. The van der Waals surface area contributed by atoms with E-state index >= 15 is 0 Å². The number of methoxy groups -OCH3 is 2. The molecule has 0 atom stereocenters. The summed E-state index contributed by atoms with van der Waals surface area (Å²) >= 11 is 0. The SMILES string of the molecule is CNS(=O)(=O)c1cc(C(=O)NCc2cc(C(=O)OC)c(C)o2)ccc1OC. The molecule has 9 nitrogen and oxygen atoms in total. The molecule has 0 aliphatic rings. The number of aryl methyl sites for hydroxylation is 1. The number of benzene rings is 1. The third-order valence-electron chi connectivity index (χ3n) is 3.78. The predicted molar refractivity (Wildman–Crippen MR) is 95.2 cm³/mol. The lowest BCUT2D eigenvalue weighted by atomic mass is 10.2. The predicted octanol–water partition coefficient (Wildman–Crippen LogP) is 1.22. The Hall–Kier alpha value is -2.85. The van der Waals surface area contributed by atoms with Crippen molar-refractivity contribution in [2.24, 2.45) is 0 Å². The van der Waals surface area contributed by atoms with Crippen molar-refractivity contribution in [1.29, 1.82) is 0 Å². The maximum absolute atomic E-state index is 12.4. The molecule has 0 fully saturated rings. The normalized spacial score (nSPS) is 11.1. The van der Waals surface area contributed by atoms with E-state index in [0.717, 1.165) is 0 Å². The summed E-state index contributed by atoms with van der Waals surface area (Å²) in [7, 11) is 0.0556. The van der Waals surface area contributed by atoms with Gasteiger partial charge in [-0.2, -0.15) is 0 Å². The number of esters is 1. The second-order valence-corrected chi connectivity index (χ2v) is 7.28. The molecule has 0 bridgehead atoms. The Morgan fingerprint density at radius 3 is 2.48 bits per heavy atom. The Morgan fingerprint density at radius 2 is 1.89 bits per heavy atom. The number of sulfonamides is 1. The molecule has 2 aromatic rings. The molecular weight excluding hydrogens is 376 g/mol. The molecule has 1 heterocycles. The highest BCUT2D eigenvalue weighted by atomic mass is 32.2. The van der Waals surface area contributed by atoms with Crippen molar-refractivity contribution in [3.8, 4) is 5.75 Å². The molecule has 146 valence electrons. The number of hydrogen-bond donors (Lipinski definition) is 2. The number of rotatable bonds is 7. The molecule has 1 amide bonds. The van der Waals surface area contributed by atoms with Gasteiger partial charge in [0.1, 0.15) is 27.7 Å². The maximum Gasteiger partial charge on any atom is 0.341 e. The number of nitrogens with one attached hydrogen (secondary N) is 2. The van der Waals surface area contributed by atoms with Gasteiger partial charge < -0.3 is 19.2 Å². The fraction of sp³-hybridized carbons (Fsp3) is 0.294. The number of amides is 1. The molecule has 0 radical (unpaired) electrons. The zero-order valence-corrected chi connectivity index (χ0v) is 16.1. The van der Waals surface area contributed by atoms with Gasteiger partial charge in [0.25, 0.3) is 5.91 Å². The van der Waals surface area contributed by atoms with Crippen molar-refractivity contribution in [2.75, 3.05) is 21.3 Å². The number of furan rings is 1. The highest BCUT2D eigenvalue weighted by Crippen LogP contribution is 2.24. The van der Waals surface area contributed by atoms with Crippen LogP contribution in [0.4, 0.5) is 0 Å². The average Bonchev–Trinajstić information content (AvgIpc) is 3.05. The van der Waals surface area contributed by atoms with E-state index in [-0.39, 0.29) is 28.3 Å². The Labute approximate surface area is 156 Å². The van der Waals surface area contributed by atoms with Gasteiger partial charge in [0.15, 0.2) is 0 Å². The van der Waals surface area contributed by atoms with Gasteiger partial charge >= 0.3 is 5.97 Å². The third kappa shape index (κ3) is 4.47. The Morgan fingerprint density at radius 1 is 1.19 bits per heavy atom. The molecule has 0 spiro atoms. The van der Waals surface area contributed by atoms with E-state index < -0.39 is 21.9 Å². The first kappa shape index (κ1) is 20.5. The van der Waals surface area contributed by atoms with Gasteiger partial charge in [0.05, 0.1) is 20.8 Å². The minimum Gasteiger partial charge on any atom is -0.495 e. The highest BCUT2D eigenvalue weighted by molar-refractivity contribution is 7.89. The first-order chi connectivity index (χ1) is 12.7. The van der Waals surface area contributed by atoms with Crippen molar-refractivity contribution < 1.29 is 31.9 Å². The molecule has 0 saturated heterocycles. The van der Waals surface area contributed by atoms with Crippen LogP contribution in [0.5, 0.6) is 5.75 Å². The summed E-state index contributed by atoms with van der Waals surface area (Å²) in [5.74, 6) is -0.203. The van der Waals surface area contributed by atoms with E-state index in [0.29, 0.717) is 11.5 Å². The quantitative estimate of drug-likeness (QED) is 0.674. The van der Waals surface area contributed by atoms with Crippen LogP contribution in [0.3, 0.4) is 0 Å². The first-order valence-electron chi connectivity index (χ1n) is 7.81. The summed E-state index contributed by atoms with van der Waals surface area (Å²) in [6.07, 6.45) is 0. The maximum atomic E-state index is 12.4. The number of carbonyl (C=O) groups excluding carboxylic acids is 2. The molecule has 1 aromatic heterocycles. The van der Waals surface area contributed by atoms with Crippen molar-refractivity contribution in [2.45, 2.75) is 18.4 Å². The van der Waals surface area contributed by atoms with E-state index in [1.165, 1.54) is 45.5 Å². The Kier molecular flexibility index (Phi) is 6.24. The molecule has 0 aliphatic carbocycles. The third-order valence-corrected chi connectivity index (χ3v) is 5.22. The van der Waals surface area contributed by atoms with Crippen LogP contribution in [0.2, 0.25) is 0 Å². The van der Waals surface area contributed by atoms with Gasteiger partial charge in [0.2, 0.25) is 10.0 Å². The van der Waals surface area contributed by atoms with Crippen LogP contribution in [0, 0.1) is 6.92 Å². The molecule has 2 rings (SSSR count). The largest absolute Gasteiger partial charge is 0.495 e. The van der Waals surface area contributed by atoms with E-state index in [2.05, 4.69) is 14.8 Å². The summed E-state index contributed by atoms with van der Waals surface area (Å²) in [6.45, 7) is 1.62. The van der Waals surface area contributed by atoms with Gasteiger partial charge in [-0.1, -0.05) is 0 Å². The lowest BCUT2D eigenvalue weighted by Crippen LogP contribution is -2.24. The Balaban J connectivity index is 2.19. The minimum absolute atomic E-state index is 0.0107. The van der Waals surface area contributed by atoms with E-state index in [1.54, 1.807) is 6.92 Å². The summed E-state index contributed by atoms with van der Waals surface area (Å²) in [5, 5.41) is 2.61. The van der Waals surface area contributed by atoms with Crippen LogP contribution >= 0.6 is 0 Å². The molecule has 0 unspecified atom stereocenters. The van der Waals surface area contributed by atoms with Crippen LogP contribution in [0.15, 0.2) is 33.6 Å². The summed E-state index contributed by atoms with van der Waals surface area (Å²) in [6, 6.07) is 5.53. The fourth-order valence-electron chi connectivity index (χ4n) is 2.35. The van der Waals surface area contributed by atoms with Crippen molar-refractivity contribution >= 4 is 21.9 Å². The monoisotopic (exact) mass is 396 g/mol. The van der Waals surface area contributed by atoms with Gasteiger partial charge in [0, 0.05) is 5.56 Å². The van der Waals surface area contributed by atoms with Crippen LogP contribution in [-0.2, 0) is 21.3 Å². The van der Waals surface area contributed by atoms with Gasteiger partial charge in [-0.05, 0) is 38.2 Å². The average molecular weight is 396 g/mol. The van der Waals surface area contributed by atoms with Gasteiger partial charge in [-0.15, -0.1) is 0 Å². The number of hydrogen-bond acceptors (Lipinski definition) is 7. The van der Waals surface area contributed by atoms with Gasteiger partial charge in [-0.3, -0.25) is 4.79 Å². The lowest BCUT2D eigenvalue weighted by Gasteiger charge is -2.11. The molecule has 10 heteroatoms. The topological polar surface area (TPSA) is 124 Å². The van der Waals surface area contributed by atoms with E-state index in [4.69, 9.17) is 9.15 Å². The summed E-state index contributed by atoms with van der Waals surface area (Å²) in [5.41, 5.74) is 0.398. The molecule has 0 saturated carbocycles. The standard InChI is InChI=1S/C17H20N2O7S/c1-10-13(17(21)25-4)8-12(26-10)9-19-16(20)11-5-6-14(24-3)15(7-11)27(22,23)18-2/h5-8,18H,9H2,1-4H3,(H,19,20). The summed E-state index contributed by atoms with van der Waals surface area (Å²) < 4.78 is 41.4. The van der Waals surface area contributed by atoms with Crippen LogP contribution < -0.4 is 14.8 Å². The second kappa shape index (κ2) is 8.23. The highest BCUT2D eigenvalue weighted by Gasteiger charge is 2.21. The zero-order chi connectivity index (χ0) is 20.2. The minimum atomic E-state index is -3.80. The van der Waals surface area contributed by atoms with Crippen LogP contribution in [0.1, 0.15) is 32.2 Å². The lowest BCUT2D eigenvalue weighted by molar-refractivity contribution is 0.0598. The molecule has 2 N–H and O–H groups in total. The zero-order valence-electron chi connectivity index (χ0n) is 15.3. The molecule has 1 aromatic carbocycles. The second-order valence-electron chi connectivity index (χ2n) is 5.43. The van der Waals surface area contributed by atoms with E-state index in [9.17, 15) is 18.0 Å². The first-order valence-corrected chi connectivity index (χ1v) is 9.29. The molecule has 27 heavy (non-hydrogen) atoms. The number of ether oxygens (including phenoxy) is 2. The van der Waals surface area contributed by atoms with Crippen LogP contribution in [-0.4, -0.2) is 41.6 Å². The smallest absolute Gasteiger partial charge is 0.341 e. The number of carbonyl (C=O) groups is 2. The van der Waals surface area contributed by atoms with Crippen LogP contribution in [0.25, 0.3) is 0 Å². The van der Waals surface area contributed by atoms with Crippen molar-refractivity contribution in [1.82, 2.24) is 10.0 Å². The van der Waals surface area contributed by atoms with Gasteiger partial charge in [-0.25, -0.2) is 17.9 Å². The van der Waals surface area contributed by atoms with E-state index in [1.807, 2.05) is 0 Å². The fourth-order valence-corrected chi connectivity index (χ4v) is 3.27. The van der Waals surface area contributed by atoms with Crippen molar-refractivity contribution in [3.05, 3.63) is 46.9 Å². The summed E-state index contributed by atoms with van der Waals surface area (Å²) in [4.78, 5) is 23.8.